The number of carbonyl (C=O) groups is 1. The fourth-order valence-electron chi connectivity index (χ4n) is 3.69. The minimum absolute atomic E-state index is 0.466. The van der Waals surface area contributed by atoms with Gasteiger partial charge in [0.1, 0.15) is 0 Å². The average molecular weight is 268 g/mol. The zero-order valence-electron chi connectivity index (χ0n) is 12.4. The van der Waals surface area contributed by atoms with Gasteiger partial charge in [-0.25, -0.2) is 0 Å². The minimum Gasteiger partial charge on any atom is -0.481 e. The summed E-state index contributed by atoms with van der Waals surface area (Å²) in [5.74, 6) is -0.570. The number of likely N-dealkylation sites (N-methyl/N-ethyl adjacent to an activating group) is 1. The van der Waals surface area contributed by atoms with Crippen molar-refractivity contribution in [2.45, 2.75) is 51.0 Å². The first-order chi connectivity index (χ1) is 9.03. The van der Waals surface area contributed by atoms with Crippen molar-refractivity contribution in [3.05, 3.63) is 0 Å². The van der Waals surface area contributed by atoms with Crippen LogP contribution in [-0.2, 0) is 4.79 Å². The van der Waals surface area contributed by atoms with Crippen molar-refractivity contribution in [1.29, 1.82) is 0 Å². The highest BCUT2D eigenvalue weighted by atomic mass is 16.4. The Kier molecular flexibility index (Phi) is 4.85. The van der Waals surface area contributed by atoms with Gasteiger partial charge in [0.15, 0.2) is 0 Å². The summed E-state index contributed by atoms with van der Waals surface area (Å²) in [5.41, 5.74) is -0.466. The number of carboxylic acids is 1. The molecule has 1 aliphatic heterocycles. The maximum Gasteiger partial charge on any atom is 0.310 e. The van der Waals surface area contributed by atoms with Crippen molar-refractivity contribution in [2.24, 2.45) is 5.41 Å². The molecule has 1 saturated carbocycles. The smallest absolute Gasteiger partial charge is 0.310 e. The molecule has 0 amide bonds. The van der Waals surface area contributed by atoms with Gasteiger partial charge in [0.2, 0.25) is 0 Å². The third-order valence-corrected chi connectivity index (χ3v) is 5.00. The number of hydrogen-bond donors (Lipinski definition) is 1. The standard InChI is InChI=1S/C15H28N2O2/c1-16(2)13-7-6-10-17(11-13)12-15(14(18)19)8-4-3-5-9-15/h13H,3-12H2,1-2H3,(H,18,19). The normalized spacial score (nSPS) is 28.5. The molecule has 1 N–H and O–H groups in total. The largest absolute Gasteiger partial charge is 0.481 e. The molecule has 110 valence electrons. The van der Waals surface area contributed by atoms with E-state index in [0.29, 0.717) is 6.04 Å². The second kappa shape index (κ2) is 6.23. The molecular formula is C15H28N2O2. The lowest BCUT2D eigenvalue weighted by Gasteiger charge is -2.42. The molecule has 0 aromatic carbocycles. The van der Waals surface area contributed by atoms with Gasteiger partial charge in [-0.3, -0.25) is 4.79 Å². The van der Waals surface area contributed by atoms with Crippen LogP contribution < -0.4 is 0 Å². The zero-order valence-corrected chi connectivity index (χ0v) is 12.4. The Balaban J connectivity index is 1.99. The lowest BCUT2D eigenvalue weighted by molar-refractivity contribution is -0.153. The van der Waals surface area contributed by atoms with E-state index >= 15 is 0 Å². The van der Waals surface area contributed by atoms with E-state index in [4.69, 9.17) is 0 Å². The fraction of sp³-hybridized carbons (Fsp3) is 0.933. The molecule has 4 heteroatoms. The molecule has 1 atom stereocenters. The van der Waals surface area contributed by atoms with Crippen molar-refractivity contribution in [3.8, 4) is 0 Å². The molecule has 4 nitrogen and oxygen atoms in total. The highest BCUT2D eigenvalue weighted by molar-refractivity contribution is 5.75. The van der Waals surface area contributed by atoms with E-state index in [1.807, 2.05) is 0 Å². The van der Waals surface area contributed by atoms with Gasteiger partial charge >= 0.3 is 5.97 Å². The fourth-order valence-corrected chi connectivity index (χ4v) is 3.69. The van der Waals surface area contributed by atoms with E-state index < -0.39 is 11.4 Å². The number of carboxylic acid groups (broad SMARTS) is 1. The molecule has 19 heavy (non-hydrogen) atoms. The van der Waals surface area contributed by atoms with Crippen LogP contribution in [0.15, 0.2) is 0 Å². The zero-order chi connectivity index (χ0) is 13.9. The van der Waals surface area contributed by atoms with Crippen LogP contribution in [0.25, 0.3) is 0 Å². The predicted molar refractivity (Wildman–Crippen MR) is 76.3 cm³/mol. The van der Waals surface area contributed by atoms with E-state index in [2.05, 4.69) is 23.9 Å². The highest BCUT2D eigenvalue weighted by Crippen LogP contribution is 2.38. The first kappa shape index (κ1) is 14.8. The molecule has 1 saturated heterocycles. The predicted octanol–water partition coefficient (Wildman–Crippen LogP) is 2.05. The lowest BCUT2D eigenvalue weighted by Crippen LogP contribution is -2.51. The maximum atomic E-state index is 11.7. The second-order valence-corrected chi connectivity index (χ2v) is 6.64. The van der Waals surface area contributed by atoms with Gasteiger partial charge in [0.05, 0.1) is 5.41 Å². The summed E-state index contributed by atoms with van der Waals surface area (Å²) in [6.45, 7) is 2.86. The number of aliphatic carboxylic acids is 1. The van der Waals surface area contributed by atoms with Gasteiger partial charge in [-0.2, -0.15) is 0 Å². The van der Waals surface area contributed by atoms with Crippen LogP contribution in [0.1, 0.15) is 44.9 Å². The molecule has 0 spiro atoms. The van der Waals surface area contributed by atoms with E-state index in [-0.39, 0.29) is 0 Å². The Labute approximate surface area is 116 Å². The van der Waals surface area contributed by atoms with E-state index in [1.54, 1.807) is 0 Å². The first-order valence-corrected chi connectivity index (χ1v) is 7.66. The van der Waals surface area contributed by atoms with Crippen molar-refractivity contribution < 1.29 is 9.90 Å². The topological polar surface area (TPSA) is 43.8 Å². The number of likely N-dealkylation sites (tertiary alicyclic amines) is 1. The molecule has 0 aromatic rings. The van der Waals surface area contributed by atoms with Crippen LogP contribution in [0.4, 0.5) is 0 Å². The first-order valence-electron chi connectivity index (χ1n) is 7.66. The third-order valence-electron chi connectivity index (χ3n) is 5.00. The van der Waals surface area contributed by atoms with Crippen molar-refractivity contribution in [1.82, 2.24) is 9.80 Å². The Hall–Kier alpha value is -0.610. The molecule has 2 rings (SSSR count). The third kappa shape index (κ3) is 3.48. The van der Waals surface area contributed by atoms with Gasteiger partial charge in [0.25, 0.3) is 0 Å². The molecule has 0 radical (unpaired) electrons. The Morgan fingerprint density at radius 3 is 2.53 bits per heavy atom. The number of piperidine rings is 1. The maximum absolute atomic E-state index is 11.7. The summed E-state index contributed by atoms with van der Waals surface area (Å²) in [5, 5.41) is 9.66. The summed E-state index contributed by atoms with van der Waals surface area (Å²) >= 11 is 0. The second-order valence-electron chi connectivity index (χ2n) is 6.64. The van der Waals surface area contributed by atoms with Gasteiger partial charge in [-0.05, 0) is 46.3 Å². The number of hydrogen-bond acceptors (Lipinski definition) is 3. The molecule has 1 heterocycles. The van der Waals surface area contributed by atoms with E-state index in [0.717, 1.165) is 45.3 Å². The molecule has 2 aliphatic rings. The molecule has 1 unspecified atom stereocenters. The van der Waals surface area contributed by atoms with Crippen LogP contribution >= 0.6 is 0 Å². The van der Waals surface area contributed by atoms with Crippen LogP contribution in [0.2, 0.25) is 0 Å². The Bertz CT molecular complexity index is 311. The minimum atomic E-state index is -0.570. The van der Waals surface area contributed by atoms with Gasteiger partial charge in [-0.15, -0.1) is 0 Å². The quantitative estimate of drug-likeness (QED) is 0.847. The van der Waals surface area contributed by atoms with Crippen molar-refractivity contribution in [2.75, 3.05) is 33.7 Å². The molecular weight excluding hydrogens is 240 g/mol. The SMILES string of the molecule is CN(C)C1CCCN(CC2(C(=O)O)CCCCC2)C1. The Morgan fingerprint density at radius 2 is 1.95 bits per heavy atom. The van der Waals surface area contributed by atoms with Gasteiger partial charge in [-0.1, -0.05) is 19.3 Å². The summed E-state index contributed by atoms with van der Waals surface area (Å²) in [6, 6.07) is 0.586. The highest BCUT2D eigenvalue weighted by Gasteiger charge is 2.41. The van der Waals surface area contributed by atoms with Crippen molar-refractivity contribution >= 4 is 5.97 Å². The molecule has 0 bridgehead atoms. The van der Waals surface area contributed by atoms with Gasteiger partial charge in [0, 0.05) is 19.1 Å². The summed E-state index contributed by atoms with van der Waals surface area (Å²) in [7, 11) is 4.25. The van der Waals surface area contributed by atoms with Crippen molar-refractivity contribution in [3.63, 3.8) is 0 Å². The molecule has 1 aliphatic carbocycles. The van der Waals surface area contributed by atoms with Crippen LogP contribution in [0.5, 0.6) is 0 Å². The number of nitrogens with zero attached hydrogens (tertiary/aromatic N) is 2. The monoisotopic (exact) mass is 268 g/mol. The van der Waals surface area contributed by atoms with Crippen LogP contribution in [-0.4, -0.2) is 60.6 Å². The summed E-state index contributed by atoms with van der Waals surface area (Å²) < 4.78 is 0. The average Bonchev–Trinajstić information content (AvgIpc) is 2.40. The molecule has 2 fully saturated rings. The van der Waals surface area contributed by atoms with Gasteiger partial charge < -0.3 is 14.9 Å². The van der Waals surface area contributed by atoms with Crippen LogP contribution in [0.3, 0.4) is 0 Å². The van der Waals surface area contributed by atoms with E-state index in [1.165, 1.54) is 19.3 Å². The van der Waals surface area contributed by atoms with E-state index in [9.17, 15) is 9.90 Å². The number of rotatable bonds is 4. The van der Waals surface area contributed by atoms with Crippen LogP contribution in [0, 0.1) is 5.41 Å². The lowest BCUT2D eigenvalue weighted by atomic mass is 9.73. The Morgan fingerprint density at radius 1 is 1.26 bits per heavy atom. The summed E-state index contributed by atoms with van der Waals surface area (Å²) in [4.78, 5) is 16.4. The molecule has 0 aromatic heterocycles. The summed E-state index contributed by atoms with van der Waals surface area (Å²) in [6.07, 6.45) is 7.53.